The predicted octanol–water partition coefficient (Wildman–Crippen LogP) is 1.25. The number of sulfone groups is 1. The van der Waals surface area contributed by atoms with Gasteiger partial charge in [0.2, 0.25) is 5.91 Å². The van der Waals surface area contributed by atoms with Gasteiger partial charge in [0.05, 0.1) is 24.7 Å². The average molecular weight is 413 g/mol. The van der Waals surface area contributed by atoms with Crippen LogP contribution in [0.4, 0.5) is 0 Å². The van der Waals surface area contributed by atoms with Crippen LogP contribution in [0.5, 0.6) is 11.5 Å². The lowest BCUT2D eigenvalue weighted by Crippen LogP contribution is -2.51. The van der Waals surface area contributed by atoms with Crippen molar-refractivity contribution in [2.75, 3.05) is 37.8 Å². The molecule has 1 fully saturated rings. The van der Waals surface area contributed by atoms with E-state index in [0.29, 0.717) is 30.3 Å². The minimum absolute atomic E-state index is 0.0453. The van der Waals surface area contributed by atoms with Crippen molar-refractivity contribution >= 4 is 21.7 Å². The van der Waals surface area contributed by atoms with Gasteiger partial charge in [0, 0.05) is 18.7 Å². The Morgan fingerprint density at radius 1 is 1.14 bits per heavy atom. The average Bonchev–Trinajstić information content (AvgIpc) is 2.66. The molecule has 2 amide bonds. The van der Waals surface area contributed by atoms with E-state index >= 15 is 0 Å². The quantitative estimate of drug-likeness (QED) is 0.689. The van der Waals surface area contributed by atoms with E-state index in [0.717, 1.165) is 6.42 Å². The van der Waals surface area contributed by atoms with Crippen molar-refractivity contribution < 1.29 is 27.5 Å². The molecule has 1 saturated heterocycles. The van der Waals surface area contributed by atoms with Crippen molar-refractivity contribution in [3.8, 4) is 11.5 Å². The summed E-state index contributed by atoms with van der Waals surface area (Å²) in [5.74, 6) is 0.250. The number of nitrogens with one attached hydrogen (secondary N) is 1. The molecule has 1 aliphatic heterocycles. The van der Waals surface area contributed by atoms with Crippen LogP contribution in [0.3, 0.4) is 0 Å². The molecule has 0 radical (unpaired) electrons. The largest absolute Gasteiger partial charge is 0.490 e. The minimum Gasteiger partial charge on any atom is -0.490 e. The van der Waals surface area contributed by atoms with E-state index in [1.54, 1.807) is 25.1 Å². The number of benzene rings is 1. The van der Waals surface area contributed by atoms with Gasteiger partial charge in [-0.25, -0.2) is 8.42 Å². The second-order valence-electron chi connectivity index (χ2n) is 6.62. The Bertz CT molecular complexity index is 795. The molecule has 0 saturated carbocycles. The summed E-state index contributed by atoms with van der Waals surface area (Å²) in [6.07, 6.45) is 0.852. The Hall–Kier alpha value is -2.29. The normalized spacial score (nSPS) is 16.9. The van der Waals surface area contributed by atoms with Gasteiger partial charge in [-0.3, -0.25) is 9.59 Å². The first kappa shape index (κ1) is 22.0. The summed E-state index contributed by atoms with van der Waals surface area (Å²) in [5.41, 5.74) is 0.355. The smallest absolute Gasteiger partial charge is 0.252 e. The zero-order valence-electron chi connectivity index (χ0n) is 16.6. The highest BCUT2D eigenvalue weighted by molar-refractivity contribution is 7.91. The maximum absolute atomic E-state index is 12.6. The van der Waals surface area contributed by atoms with E-state index in [4.69, 9.17) is 9.47 Å². The van der Waals surface area contributed by atoms with Crippen molar-refractivity contribution in [1.29, 1.82) is 0 Å². The lowest BCUT2D eigenvalue weighted by molar-refractivity contribution is -0.132. The van der Waals surface area contributed by atoms with Gasteiger partial charge >= 0.3 is 0 Å². The molecule has 0 spiro atoms. The Morgan fingerprint density at radius 3 is 2.43 bits per heavy atom. The lowest BCUT2D eigenvalue weighted by atomic mass is 10.1. The van der Waals surface area contributed by atoms with Crippen LogP contribution in [0, 0.1) is 0 Å². The van der Waals surface area contributed by atoms with Crippen molar-refractivity contribution in [2.45, 2.75) is 33.2 Å². The van der Waals surface area contributed by atoms with Gasteiger partial charge in [0.1, 0.15) is 6.04 Å². The first-order valence-corrected chi connectivity index (χ1v) is 11.3. The van der Waals surface area contributed by atoms with E-state index in [1.807, 2.05) is 13.8 Å². The fourth-order valence-electron chi connectivity index (χ4n) is 2.80. The summed E-state index contributed by atoms with van der Waals surface area (Å²) in [5, 5.41) is 2.67. The number of nitrogens with zero attached hydrogens (tertiary/aromatic N) is 1. The van der Waals surface area contributed by atoms with Crippen LogP contribution in [0.15, 0.2) is 18.2 Å². The summed E-state index contributed by atoms with van der Waals surface area (Å²) >= 11 is 0. The summed E-state index contributed by atoms with van der Waals surface area (Å²) in [6.45, 7) is 6.71. The van der Waals surface area contributed by atoms with Crippen LogP contribution in [0.25, 0.3) is 0 Å². The number of hydrogen-bond donors (Lipinski definition) is 1. The van der Waals surface area contributed by atoms with E-state index in [-0.39, 0.29) is 30.5 Å². The van der Waals surface area contributed by atoms with E-state index in [1.165, 1.54) is 4.90 Å². The molecule has 1 aromatic rings. The van der Waals surface area contributed by atoms with Gasteiger partial charge in [0.25, 0.3) is 5.91 Å². The van der Waals surface area contributed by atoms with Crippen molar-refractivity contribution in [1.82, 2.24) is 10.2 Å². The third kappa shape index (κ3) is 5.85. The summed E-state index contributed by atoms with van der Waals surface area (Å²) in [4.78, 5) is 26.5. The van der Waals surface area contributed by atoms with Gasteiger partial charge in [-0.1, -0.05) is 6.92 Å². The number of carbonyl (C=O) groups is 2. The minimum atomic E-state index is -3.07. The van der Waals surface area contributed by atoms with Crippen LogP contribution in [0.2, 0.25) is 0 Å². The molecular formula is C19H28N2O6S. The summed E-state index contributed by atoms with van der Waals surface area (Å²) < 4.78 is 34.2. The molecule has 0 bridgehead atoms. The zero-order chi connectivity index (χ0) is 20.7. The second-order valence-corrected chi connectivity index (χ2v) is 8.92. The molecular weight excluding hydrogens is 384 g/mol. The molecule has 1 N–H and O–H groups in total. The highest BCUT2D eigenvalue weighted by atomic mass is 32.2. The molecule has 9 heteroatoms. The lowest BCUT2D eigenvalue weighted by Gasteiger charge is -2.29. The molecule has 1 aliphatic rings. The summed E-state index contributed by atoms with van der Waals surface area (Å²) in [6, 6.07) is 4.12. The van der Waals surface area contributed by atoms with Gasteiger partial charge in [-0.2, -0.15) is 0 Å². The van der Waals surface area contributed by atoms with Crippen LogP contribution in [0.1, 0.15) is 37.6 Å². The highest BCUT2D eigenvalue weighted by Gasteiger charge is 2.28. The Kier molecular flexibility index (Phi) is 7.68. The number of ether oxygens (including phenoxy) is 2. The predicted molar refractivity (Wildman–Crippen MR) is 106 cm³/mol. The van der Waals surface area contributed by atoms with Crippen LogP contribution in [-0.2, 0) is 14.6 Å². The van der Waals surface area contributed by atoms with Crippen LogP contribution < -0.4 is 14.8 Å². The summed E-state index contributed by atoms with van der Waals surface area (Å²) in [7, 11) is -3.07. The molecule has 28 heavy (non-hydrogen) atoms. The molecule has 8 nitrogen and oxygen atoms in total. The molecule has 1 aromatic carbocycles. The Balaban J connectivity index is 2.02. The topological polar surface area (TPSA) is 102 Å². The zero-order valence-corrected chi connectivity index (χ0v) is 17.4. The maximum atomic E-state index is 12.6. The number of rotatable bonds is 8. The van der Waals surface area contributed by atoms with Gasteiger partial charge in [-0.05, 0) is 38.5 Å². The number of carbonyl (C=O) groups excluding carboxylic acids is 2. The standard InChI is InChI=1S/C19H28N2O6S/c1-4-10-27-16-7-6-15(13-17(16)26-5-2)18(22)20-14(3)19(23)21-8-11-28(24,25)12-9-21/h6-7,13-14H,4-5,8-12H2,1-3H3,(H,20,22). The van der Waals surface area contributed by atoms with Crippen molar-refractivity contribution in [2.24, 2.45) is 0 Å². The van der Waals surface area contributed by atoms with E-state index in [9.17, 15) is 18.0 Å². The van der Waals surface area contributed by atoms with Crippen molar-refractivity contribution in [3.63, 3.8) is 0 Å². The number of hydrogen-bond acceptors (Lipinski definition) is 6. The van der Waals surface area contributed by atoms with Gasteiger partial charge < -0.3 is 19.7 Å². The van der Waals surface area contributed by atoms with E-state index < -0.39 is 21.8 Å². The SMILES string of the molecule is CCCOc1ccc(C(=O)NC(C)C(=O)N2CCS(=O)(=O)CC2)cc1OCC. The molecule has 0 aliphatic carbocycles. The molecule has 1 atom stereocenters. The maximum Gasteiger partial charge on any atom is 0.252 e. The van der Waals surface area contributed by atoms with Gasteiger partial charge in [-0.15, -0.1) is 0 Å². The second kappa shape index (κ2) is 9.77. The third-order valence-corrected chi connectivity index (χ3v) is 5.95. The van der Waals surface area contributed by atoms with Crippen LogP contribution in [-0.4, -0.2) is 69.0 Å². The van der Waals surface area contributed by atoms with E-state index in [2.05, 4.69) is 5.32 Å². The fraction of sp³-hybridized carbons (Fsp3) is 0.579. The first-order chi connectivity index (χ1) is 13.3. The highest BCUT2D eigenvalue weighted by Crippen LogP contribution is 2.28. The Morgan fingerprint density at radius 2 is 1.82 bits per heavy atom. The van der Waals surface area contributed by atoms with Gasteiger partial charge in [0.15, 0.2) is 21.3 Å². The van der Waals surface area contributed by atoms with Crippen LogP contribution >= 0.6 is 0 Å². The first-order valence-electron chi connectivity index (χ1n) is 9.47. The fourth-order valence-corrected chi connectivity index (χ4v) is 4.00. The molecule has 0 aromatic heterocycles. The monoisotopic (exact) mass is 412 g/mol. The molecule has 2 rings (SSSR count). The molecule has 1 unspecified atom stereocenters. The van der Waals surface area contributed by atoms with Crippen molar-refractivity contribution in [3.05, 3.63) is 23.8 Å². The number of amides is 2. The molecule has 156 valence electrons. The molecule has 1 heterocycles. The Labute approximate surface area is 166 Å². The third-order valence-electron chi connectivity index (χ3n) is 4.34.